The van der Waals surface area contributed by atoms with Crippen LogP contribution in [-0.4, -0.2) is 19.9 Å². The molecule has 0 saturated carbocycles. The molecule has 0 saturated heterocycles. The maximum absolute atomic E-state index is 8.12. The van der Waals surface area contributed by atoms with Gasteiger partial charge in [0.05, 0.1) is 5.58 Å². The summed E-state index contributed by atoms with van der Waals surface area (Å²) in [6.45, 7) is -9.09. The third-order valence-electron chi connectivity index (χ3n) is 7.28. The summed E-state index contributed by atoms with van der Waals surface area (Å²) in [7, 11) is 0. The predicted molar refractivity (Wildman–Crippen MR) is 182 cm³/mol. The molecule has 0 aliphatic heterocycles. The summed E-state index contributed by atoms with van der Waals surface area (Å²) in [6.07, 6.45) is 6.08. The fourth-order valence-electron chi connectivity index (χ4n) is 5.12. The van der Waals surface area contributed by atoms with Crippen molar-refractivity contribution in [1.29, 1.82) is 0 Å². The molecule has 0 aliphatic rings. The Morgan fingerprint density at radius 3 is 2.43 bits per heavy atom. The Morgan fingerprint density at radius 1 is 0.717 bits per heavy atom. The smallest absolute Gasteiger partial charge is 0.216 e. The largest absolute Gasteiger partial charge is 0.486 e. The van der Waals surface area contributed by atoms with E-state index in [1.165, 1.54) is 36.7 Å². The second-order valence-electron chi connectivity index (χ2n) is 10.2. The predicted octanol–water partition coefficient (Wildman–Crippen LogP) is 9.84. The maximum atomic E-state index is 8.12. The number of hydrogen-bond donors (Lipinski definition) is 0. The van der Waals surface area contributed by atoms with Crippen LogP contribution in [0.2, 0.25) is 0 Å². The van der Waals surface area contributed by atoms with Gasteiger partial charge in [0.25, 0.3) is 0 Å². The molecular weight excluding hydrogens is 745 g/mol. The van der Waals surface area contributed by atoms with Gasteiger partial charge in [-0.3, -0.25) is 4.98 Å². The normalized spacial score (nSPS) is 15.8. The molecule has 8 rings (SSSR count). The summed E-state index contributed by atoms with van der Waals surface area (Å²) in [5.74, 6) is 0. The van der Waals surface area contributed by atoms with Crippen LogP contribution in [0.25, 0.3) is 66.5 Å². The van der Waals surface area contributed by atoms with E-state index in [1.54, 1.807) is 42.7 Å². The molecule has 5 nitrogen and oxygen atoms in total. The van der Waals surface area contributed by atoms with Crippen molar-refractivity contribution < 1.29 is 41.0 Å². The monoisotopic (exact) mass is 787 g/mol. The van der Waals surface area contributed by atoms with Crippen LogP contribution in [0, 0.1) is 39.5 Å². The molecular formula is C40H30IrN4O-2. The SMILES string of the molecule is [2H]C([2H])([2H])c1c[c-]c(-c2ccc(C([2H])([2H])[2H])cn2)cc1.[2H]C([2H])([2H])c1ccc2c(n1)oc1c(-c3cc(-c4cccc5cnccc45)c(C([2H])([2H])[2H])cn3)[c-]ccc12.[Ir]. The van der Waals surface area contributed by atoms with Crippen molar-refractivity contribution in [2.24, 2.45) is 0 Å². The number of benzene rings is 3. The van der Waals surface area contributed by atoms with E-state index >= 15 is 0 Å². The van der Waals surface area contributed by atoms with Crippen LogP contribution in [0.15, 0.2) is 114 Å². The maximum Gasteiger partial charge on any atom is 0.216 e. The average molecular weight is 787 g/mol. The van der Waals surface area contributed by atoms with Crippen molar-refractivity contribution in [2.75, 3.05) is 0 Å². The quantitative estimate of drug-likeness (QED) is 0.167. The molecule has 0 unspecified atom stereocenters. The van der Waals surface area contributed by atoms with E-state index in [1.807, 2.05) is 30.3 Å². The van der Waals surface area contributed by atoms with Crippen LogP contribution in [0.5, 0.6) is 0 Å². The zero-order valence-corrected chi connectivity index (χ0v) is 26.3. The van der Waals surface area contributed by atoms with Crippen molar-refractivity contribution in [2.45, 2.75) is 27.4 Å². The van der Waals surface area contributed by atoms with E-state index in [0.717, 1.165) is 21.7 Å². The van der Waals surface area contributed by atoms with Gasteiger partial charge in [0.2, 0.25) is 5.71 Å². The second-order valence-corrected chi connectivity index (χ2v) is 10.2. The Balaban J connectivity index is 0.000000230. The fraction of sp³-hybridized carbons (Fsp3) is 0.100. The van der Waals surface area contributed by atoms with E-state index in [0.29, 0.717) is 39.0 Å². The van der Waals surface area contributed by atoms with Crippen molar-refractivity contribution in [3.8, 4) is 33.6 Å². The van der Waals surface area contributed by atoms with E-state index in [-0.39, 0.29) is 48.2 Å². The van der Waals surface area contributed by atoms with Gasteiger partial charge >= 0.3 is 0 Å². The number of aryl methyl sites for hydroxylation is 4. The van der Waals surface area contributed by atoms with Crippen LogP contribution in [-0.2, 0) is 20.1 Å². The number of rotatable bonds is 3. The first-order chi connectivity index (χ1) is 26.8. The average Bonchev–Trinajstić information content (AvgIpc) is 3.55. The molecule has 1 radical (unpaired) electrons. The van der Waals surface area contributed by atoms with Crippen LogP contribution in [0.1, 0.15) is 38.8 Å². The third kappa shape index (κ3) is 6.10. The number of nitrogens with zero attached hydrogens (tertiary/aromatic N) is 4. The summed E-state index contributed by atoms with van der Waals surface area (Å²) in [6, 6.07) is 29.6. The van der Waals surface area contributed by atoms with Crippen molar-refractivity contribution in [3.05, 3.63) is 144 Å². The van der Waals surface area contributed by atoms with Gasteiger partial charge in [-0.2, -0.15) is 0 Å². The van der Waals surface area contributed by atoms with Crippen molar-refractivity contribution in [1.82, 2.24) is 19.9 Å². The standard InChI is InChI=1S/C27H18N3O.C13H12N.Ir/c1-16-14-29-25(13-24(16)20-6-3-5-18-15-28-12-11-19(18)20)23-8-4-7-21-22-10-9-17(2)30-27(22)31-26(21)23;1-10-3-6-12(7-4-10)13-8-5-11(2)9-14-13;/h3-7,9-15H,1-2H3;3-6,8-9H,1-2H3;/q2*-1;/i2*1D3,2D3;. The van der Waals surface area contributed by atoms with Gasteiger partial charge in [0, 0.05) is 77.8 Å². The molecule has 46 heavy (non-hydrogen) atoms. The van der Waals surface area contributed by atoms with E-state index in [4.69, 9.17) is 20.9 Å². The minimum atomic E-state index is -2.39. The molecule has 0 fully saturated rings. The first-order valence-electron chi connectivity index (χ1n) is 19.9. The summed E-state index contributed by atoms with van der Waals surface area (Å²) in [4.78, 5) is 17.0. The minimum absolute atomic E-state index is 0. The topological polar surface area (TPSA) is 64.7 Å². The minimum Gasteiger partial charge on any atom is -0.486 e. The zero-order valence-electron chi connectivity index (χ0n) is 35.9. The molecule has 5 aromatic heterocycles. The number of pyridine rings is 4. The van der Waals surface area contributed by atoms with Gasteiger partial charge in [-0.1, -0.05) is 54.2 Å². The van der Waals surface area contributed by atoms with Gasteiger partial charge < -0.3 is 14.4 Å². The molecule has 6 heteroatoms. The number of hydrogen-bond acceptors (Lipinski definition) is 5. The Bertz CT molecular complexity index is 2680. The molecule has 0 aliphatic carbocycles. The van der Waals surface area contributed by atoms with Crippen molar-refractivity contribution >= 4 is 32.8 Å². The molecule has 5 heterocycles. The number of furan rings is 1. The molecule has 0 atom stereocenters. The Morgan fingerprint density at radius 2 is 1.63 bits per heavy atom. The first kappa shape index (κ1) is 19.5. The van der Waals surface area contributed by atoms with Gasteiger partial charge in [-0.25, -0.2) is 4.98 Å². The Labute approximate surface area is 298 Å². The van der Waals surface area contributed by atoms with Gasteiger partial charge in [0.1, 0.15) is 0 Å². The summed E-state index contributed by atoms with van der Waals surface area (Å²) in [5, 5.41) is 3.15. The van der Waals surface area contributed by atoms with Crippen LogP contribution < -0.4 is 0 Å². The molecule has 3 aromatic carbocycles. The second kappa shape index (κ2) is 13.1. The Kier molecular flexibility index (Phi) is 5.56. The zero-order chi connectivity index (χ0) is 40.9. The first-order valence-corrected chi connectivity index (χ1v) is 13.9. The summed E-state index contributed by atoms with van der Waals surface area (Å²) >= 11 is 0. The van der Waals surface area contributed by atoms with Crippen LogP contribution >= 0.6 is 0 Å². The van der Waals surface area contributed by atoms with Crippen molar-refractivity contribution in [3.63, 3.8) is 0 Å². The number of aromatic nitrogens is 4. The van der Waals surface area contributed by atoms with E-state index in [9.17, 15) is 0 Å². The Hall–Kier alpha value is -5.03. The van der Waals surface area contributed by atoms with Crippen LogP contribution in [0.4, 0.5) is 0 Å². The van der Waals surface area contributed by atoms with Gasteiger partial charge in [-0.15, -0.1) is 53.6 Å². The molecule has 0 bridgehead atoms. The van der Waals surface area contributed by atoms with Crippen LogP contribution in [0.3, 0.4) is 0 Å². The van der Waals surface area contributed by atoms with E-state index < -0.39 is 27.4 Å². The molecule has 0 spiro atoms. The van der Waals surface area contributed by atoms with Gasteiger partial charge in [0.15, 0.2) is 0 Å². The number of fused-ring (bicyclic) bond motifs is 4. The molecule has 227 valence electrons. The van der Waals surface area contributed by atoms with Gasteiger partial charge in [-0.05, 0) is 77.8 Å². The van der Waals surface area contributed by atoms with E-state index in [2.05, 4.69) is 32.1 Å². The summed E-state index contributed by atoms with van der Waals surface area (Å²) < 4.78 is 97.0. The molecule has 0 amide bonds. The summed E-state index contributed by atoms with van der Waals surface area (Å²) in [5.41, 5.74) is 4.51. The molecule has 8 aromatic rings. The fourth-order valence-corrected chi connectivity index (χ4v) is 5.12. The molecule has 0 N–H and O–H groups in total. The third-order valence-corrected chi connectivity index (χ3v) is 7.28.